The van der Waals surface area contributed by atoms with Crippen molar-refractivity contribution in [3.63, 3.8) is 0 Å². The maximum atomic E-state index is 9.45. The first-order valence-electron chi connectivity index (χ1n) is 6.09. The fourth-order valence-corrected chi connectivity index (χ4v) is 1.84. The number of phenolic OH excluding ortho intramolecular Hbond substituents is 2. The minimum absolute atomic E-state index is 0.182. The molecule has 1 unspecified atom stereocenters. The van der Waals surface area contributed by atoms with Crippen molar-refractivity contribution in [1.82, 2.24) is 25.6 Å². The summed E-state index contributed by atoms with van der Waals surface area (Å²) in [4.78, 5) is 4.15. The zero-order valence-electron chi connectivity index (χ0n) is 10.8. The third kappa shape index (κ3) is 2.67. The van der Waals surface area contributed by atoms with Crippen LogP contribution < -0.4 is 5.73 Å². The van der Waals surface area contributed by atoms with E-state index in [0.29, 0.717) is 17.9 Å². The summed E-state index contributed by atoms with van der Waals surface area (Å²) < 4.78 is 5.10. The Morgan fingerprint density at radius 2 is 2.14 bits per heavy atom. The Balaban J connectivity index is 1.76. The Kier molecular flexibility index (Phi) is 3.24. The highest BCUT2D eigenvalue weighted by Gasteiger charge is 2.18. The van der Waals surface area contributed by atoms with Crippen molar-refractivity contribution < 1.29 is 14.7 Å². The molecule has 0 aliphatic heterocycles. The van der Waals surface area contributed by atoms with Crippen molar-refractivity contribution in [3.8, 4) is 23.0 Å². The lowest BCUT2D eigenvalue weighted by molar-refractivity contribution is 0.354. The molecule has 0 radical (unpaired) electrons. The number of aromatic nitrogens is 5. The molecule has 1 aromatic carbocycles. The fourth-order valence-electron chi connectivity index (χ4n) is 1.84. The van der Waals surface area contributed by atoms with Gasteiger partial charge in [0.15, 0.2) is 17.2 Å². The normalized spacial score (nSPS) is 12.4. The van der Waals surface area contributed by atoms with Crippen molar-refractivity contribution in [2.45, 2.75) is 12.5 Å². The number of rotatable bonds is 4. The van der Waals surface area contributed by atoms with Gasteiger partial charge in [-0.2, -0.15) is 20.4 Å². The van der Waals surface area contributed by atoms with Gasteiger partial charge in [-0.3, -0.25) is 0 Å². The zero-order chi connectivity index (χ0) is 14.8. The van der Waals surface area contributed by atoms with Crippen molar-refractivity contribution in [2.24, 2.45) is 5.73 Å². The lowest BCUT2D eigenvalue weighted by atomic mass is 10.1. The van der Waals surface area contributed by atoms with Gasteiger partial charge in [0.1, 0.15) is 0 Å². The number of phenols is 2. The maximum absolute atomic E-state index is 9.45. The zero-order valence-corrected chi connectivity index (χ0v) is 10.8. The lowest BCUT2D eigenvalue weighted by Gasteiger charge is -2.07. The quantitative estimate of drug-likeness (QED) is 0.507. The molecule has 0 spiro atoms. The van der Waals surface area contributed by atoms with E-state index in [1.807, 2.05) is 0 Å². The van der Waals surface area contributed by atoms with Crippen LogP contribution >= 0.6 is 0 Å². The predicted octanol–water partition coefficient (Wildman–Crippen LogP) is 0.508. The lowest BCUT2D eigenvalue weighted by Crippen LogP contribution is -2.13. The smallest absolute Gasteiger partial charge is 0.244 e. The van der Waals surface area contributed by atoms with Gasteiger partial charge in [-0.15, -0.1) is 0 Å². The van der Waals surface area contributed by atoms with Crippen molar-refractivity contribution in [3.05, 3.63) is 35.9 Å². The average molecular weight is 288 g/mol. The van der Waals surface area contributed by atoms with E-state index in [4.69, 9.17) is 10.3 Å². The van der Waals surface area contributed by atoms with Crippen LogP contribution in [0, 0.1) is 0 Å². The molecular weight excluding hydrogens is 276 g/mol. The first kappa shape index (κ1) is 13.1. The van der Waals surface area contributed by atoms with Crippen LogP contribution in [0.4, 0.5) is 0 Å². The van der Waals surface area contributed by atoms with Gasteiger partial charge in [0.2, 0.25) is 11.7 Å². The minimum Gasteiger partial charge on any atom is -0.504 e. The summed E-state index contributed by atoms with van der Waals surface area (Å²) >= 11 is 0. The summed E-state index contributed by atoms with van der Waals surface area (Å²) in [5, 5.41) is 32.4. The van der Waals surface area contributed by atoms with E-state index in [-0.39, 0.29) is 17.4 Å². The van der Waals surface area contributed by atoms with Crippen molar-refractivity contribution in [2.75, 3.05) is 0 Å². The second-order valence-corrected chi connectivity index (χ2v) is 4.45. The van der Waals surface area contributed by atoms with Crippen LogP contribution in [-0.4, -0.2) is 35.8 Å². The van der Waals surface area contributed by atoms with Gasteiger partial charge in [0.25, 0.3) is 0 Å². The predicted molar refractivity (Wildman–Crippen MR) is 70.1 cm³/mol. The summed E-state index contributed by atoms with van der Waals surface area (Å²) in [6.07, 6.45) is 1.84. The third-order valence-electron chi connectivity index (χ3n) is 2.90. The molecule has 108 valence electrons. The molecule has 9 nitrogen and oxygen atoms in total. The highest BCUT2D eigenvalue weighted by atomic mass is 16.5. The number of nitrogens with zero attached hydrogens (tertiary/aromatic N) is 4. The first-order chi connectivity index (χ1) is 10.1. The molecule has 0 saturated carbocycles. The largest absolute Gasteiger partial charge is 0.504 e. The van der Waals surface area contributed by atoms with Gasteiger partial charge in [-0.25, -0.2) is 0 Å². The summed E-state index contributed by atoms with van der Waals surface area (Å²) in [6.45, 7) is 0. The number of hydrogen-bond acceptors (Lipinski definition) is 8. The molecule has 3 aromatic rings. The highest BCUT2D eigenvalue weighted by molar-refractivity contribution is 5.45. The van der Waals surface area contributed by atoms with Gasteiger partial charge in [0, 0.05) is 0 Å². The van der Waals surface area contributed by atoms with Crippen LogP contribution in [0.5, 0.6) is 11.5 Å². The van der Waals surface area contributed by atoms with Crippen molar-refractivity contribution >= 4 is 0 Å². The molecule has 0 amide bonds. The molecule has 3 rings (SSSR count). The number of aromatic hydroxyl groups is 2. The molecule has 2 heterocycles. The summed E-state index contributed by atoms with van der Waals surface area (Å²) in [5.41, 5.74) is 7.19. The topological polar surface area (TPSA) is 147 Å². The van der Waals surface area contributed by atoms with E-state index in [1.54, 1.807) is 6.07 Å². The molecule has 0 aliphatic rings. The molecule has 5 N–H and O–H groups in total. The minimum atomic E-state index is -0.540. The van der Waals surface area contributed by atoms with Crippen molar-refractivity contribution in [1.29, 1.82) is 0 Å². The van der Waals surface area contributed by atoms with E-state index < -0.39 is 6.04 Å². The van der Waals surface area contributed by atoms with Gasteiger partial charge < -0.3 is 20.5 Å². The van der Waals surface area contributed by atoms with Crippen LogP contribution in [0.1, 0.15) is 17.5 Å². The second kappa shape index (κ2) is 5.21. The monoisotopic (exact) mass is 288 g/mol. The first-order valence-corrected chi connectivity index (χ1v) is 6.09. The average Bonchev–Trinajstić information content (AvgIpc) is 3.12. The van der Waals surface area contributed by atoms with Gasteiger partial charge in [-0.05, 0) is 24.1 Å². The Morgan fingerprint density at radius 1 is 1.29 bits per heavy atom. The number of aromatic amines is 1. The Hall–Kier alpha value is -2.94. The molecule has 0 bridgehead atoms. The summed E-state index contributed by atoms with van der Waals surface area (Å²) in [7, 11) is 0. The molecule has 0 aliphatic carbocycles. The van der Waals surface area contributed by atoms with E-state index >= 15 is 0 Å². The summed E-state index contributed by atoms with van der Waals surface area (Å²) in [6, 6.07) is 3.95. The fraction of sp³-hybridized carbons (Fsp3) is 0.167. The molecule has 2 aromatic heterocycles. The van der Waals surface area contributed by atoms with E-state index in [2.05, 4.69) is 25.6 Å². The third-order valence-corrected chi connectivity index (χ3v) is 2.90. The standard InChI is InChI=1S/C12H12N6O3/c13-7(3-6-1-2-9(19)10(20)4-6)12-15-11(17-21-12)8-5-14-18-16-8/h1-2,4-5,7,19-20H,3,13H2,(H,14,16,18). The molecule has 21 heavy (non-hydrogen) atoms. The SMILES string of the molecule is NC(Cc1ccc(O)c(O)c1)c1nc(-c2cn[nH]n2)no1. The highest BCUT2D eigenvalue weighted by Crippen LogP contribution is 2.27. The molecule has 0 fully saturated rings. The van der Waals surface area contributed by atoms with E-state index in [0.717, 1.165) is 5.56 Å². The van der Waals surface area contributed by atoms with E-state index in [9.17, 15) is 10.2 Å². The van der Waals surface area contributed by atoms with E-state index in [1.165, 1.54) is 18.3 Å². The maximum Gasteiger partial charge on any atom is 0.244 e. The summed E-state index contributed by atoms with van der Waals surface area (Å²) in [5.74, 6) is 0.162. The van der Waals surface area contributed by atoms with Crippen LogP contribution in [0.2, 0.25) is 0 Å². The number of hydrogen-bond donors (Lipinski definition) is 4. The van der Waals surface area contributed by atoms with Crippen LogP contribution in [0.3, 0.4) is 0 Å². The number of H-pyrrole nitrogens is 1. The molecule has 0 saturated heterocycles. The van der Waals surface area contributed by atoms with Gasteiger partial charge in [-0.1, -0.05) is 11.2 Å². The van der Waals surface area contributed by atoms with Gasteiger partial charge in [0.05, 0.1) is 12.2 Å². The Labute approximate surface area is 118 Å². The number of nitrogens with two attached hydrogens (primary N) is 1. The second-order valence-electron chi connectivity index (χ2n) is 4.45. The number of nitrogens with one attached hydrogen (secondary N) is 1. The molecular formula is C12H12N6O3. The van der Waals surface area contributed by atoms with Crippen LogP contribution in [0.15, 0.2) is 28.9 Å². The van der Waals surface area contributed by atoms with Gasteiger partial charge >= 0.3 is 0 Å². The Bertz CT molecular complexity index is 739. The molecule has 9 heteroatoms. The Morgan fingerprint density at radius 3 is 2.86 bits per heavy atom. The van der Waals surface area contributed by atoms with Crippen LogP contribution in [0.25, 0.3) is 11.5 Å². The van der Waals surface area contributed by atoms with Crippen LogP contribution in [-0.2, 0) is 6.42 Å². The number of benzene rings is 1. The molecule has 1 atom stereocenters.